The fourth-order valence-corrected chi connectivity index (χ4v) is 2.93. The van der Waals surface area contributed by atoms with Crippen LogP contribution in [0.4, 0.5) is 0 Å². The molecular formula is C14H12N2OS. The minimum atomic E-state index is 0.632. The molecular weight excluding hydrogens is 244 g/mol. The van der Waals surface area contributed by atoms with E-state index in [1.807, 2.05) is 47.9 Å². The first-order valence-electron chi connectivity index (χ1n) is 5.69. The molecule has 0 atom stereocenters. The fraction of sp³-hybridized carbons (Fsp3) is 0.143. The van der Waals surface area contributed by atoms with Crippen LogP contribution in [0.1, 0.15) is 21.7 Å². The molecule has 3 nitrogen and oxygen atoms in total. The summed E-state index contributed by atoms with van der Waals surface area (Å²) in [6, 6.07) is 8.07. The van der Waals surface area contributed by atoms with E-state index in [1.54, 1.807) is 11.3 Å². The van der Waals surface area contributed by atoms with Crippen LogP contribution in [0.25, 0.3) is 16.2 Å². The maximum atomic E-state index is 11.3. The molecule has 0 spiro atoms. The van der Waals surface area contributed by atoms with Crippen molar-refractivity contribution < 1.29 is 4.79 Å². The van der Waals surface area contributed by atoms with E-state index >= 15 is 0 Å². The van der Waals surface area contributed by atoms with E-state index in [2.05, 4.69) is 4.98 Å². The molecule has 0 amide bonds. The van der Waals surface area contributed by atoms with Crippen LogP contribution in [0.15, 0.2) is 29.6 Å². The second-order valence-corrected chi connectivity index (χ2v) is 5.16. The SMILES string of the molecule is Cc1ccc(-c2nc3scc(C)n3c2C=O)cc1. The van der Waals surface area contributed by atoms with E-state index in [0.717, 1.165) is 28.2 Å². The predicted octanol–water partition coefficient (Wildman–Crippen LogP) is 3.49. The summed E-state index contributed by atoms with van der Waals surface area (Å²) in [6.45, 7) is 4.03. The molecule has 0 aliphatic heterocycles. The smallest absolute Gasteiger partial charge is 0.195 e. The van der Waals surface area contributed by atoms with Crippen LogP contribution >= 0.6 is 11.3 Å². The summed E-state index contributed by atoms with van der Waals surface area (Å²) in [7, 11) is 0. The van der Waals surface area contributed by atoms with Gasteiger partial charge in [-0.1, -0.05) is 29.8 Å². The van der Waals surface area contributed by atoms with Crippen LogP contribution in [-0.2, 0) is 0 Å². The molecule has 90 valence electrons. The zero-order chi connectivity index (χ0) is 12.7. The molecule has 0 saturated heterocycles. The molecule has 0 bridgehead atoms. The minimum Gasteiger partial charge on any atom is -0.296 e. The number of rotatable bonds is 2. The highest BCUT2D eigenvalue weighted by molar-refractivity contribution is 7.15. The van der Waals surface area contributed by atoms with Gasteiger partial charge in [-0.05, 0) is 13.8 Å². The van der Waals surface area contributed by atoms with E-state index < -0.39 is 0 Å². The Hall–Kier alpha value is -1.94. The molecule has 3 aromatic rings. The molecule has 0 saturated carbocycles. The van der Waals surface area contributed by atoms with Crippen molar-refractivity contribution in [1.29, 1.82) is 0 Å². The van der Waals surface area contributed by atoms with E-state index in [1.165, 1.54) is 5.56 Å². The van der Waals surface area contributed by atoms with Crippen LogP contribution in [0.2, 0.25) is 0 Å². The molecule has 0 aliphatic rings. The Morgan fingerprint density at radius 1 is 1.22 bits per heavy atom. The topological polar surface area (TPSA) is 34.4 Å². The van der Waals surface area contributed by atoms with Gasteiger partial charge in [0.25, 0.3) is 0 Å². The van der Waals surface area contributed by atoms with Crippen LogP contribution in [0.5, 0.6) is 0 Å². The monoisotopic (exact) mass is 256 g/mol. The number of thiazole rings is 1. The zero-order valence-corrected chi connectivity index (χ0v) is 11.0. The number of imidazole rings is 1. The highest BCUT2D eigenvalue weighted by atomic mass is 32.1. The van der Waals surface area contributed by atoms with Crippen molar-refractivity contribution in [3.8, 4) is 11.3 Å². The Balaban J connectivity index is 2.28. The fourth-order valence-electron chi connectivity index (χ4n) is 2.05. The molecule has 3 rings (SSSR count). The predicted molar refractivity (Wildman–Crippen MR) is 73.4 cm³/mol. The Morgan fingerprint density at radius 2 is 1.94 bits per heavy atom. The van der Waals surface area contributed by atoms with Crippen LogP contribution < -0.4 is 0 Å². The molecule has 18 heavy (non-hydrogen) atoms. The molecule has 0 radical (unpaired) electrons. The summed E-state index contributed by atoms with van der Waals surface area (Å²) in [4.78, 5) is 16.8. The molecule has 0 unspecified atom stereocenters. The first-order chi connectivity index (χ1) is 8.70. The van der Waals surface area contributed by atoms with Crippen LogP contribution in [0, 0.1) is 13.8 Å². The zero-order valence-electron chi connectivity index (χ0n) is 10.2. The lowest BCUT2D eigenvalue weighted by molar-refractivity contribution is 0.111. The number of fused-ring (bicyclic) bond motifs is 1. The molecule has 4 heteroatoms. The second-order valence-electron chi connectivity index (χ2n) is 4.32. The number of aromatic nitrogens is 2. The number of nitrogens with zero attached hydrogens (tertiary/aromatic N) is 2. The first-order valence-corrected chi connectivity index (χ1v) is 6.57. The van der Waals surface area contributed by atoms with Gasteiger partial charge in [0, 0.05) is 16.6 Å². The molecule has 0 N–H and O–H groups in total. The normalized spacial score (nSPS) is 11.0. The van der Waals surface area contributed by atoms with Gasteiger partial charge in [-0.2, -0.15) is 0 Å². The Bertz CT molecular complexity index is 722. The van der Waals surface area contributed by atoms with Gasteiger partial charge in [0.15, 0.2) is 11.2 Å². The number of aryl methyl sites for hydroxylation is 2. The van der Waals surface area contributed by atoms with Gasteiger partial charge in [-0.15, -0.1) is 11.3 Å². The van der Waals surface area contributed by atoms with Gasteiger partial charge in [-0.3, -0.25) is 9.20 Å². The number of hydrogen-bond acceptors (Lipinski definition) is 3. The average Bonchev–Trinajstić information content (AvgIpc) is 2.91. The van der Waals surface area contributed by atoms with E-state index in [0.29, 0.717) is 5.69 Å². The summed E-state index contributed by atoms with van der Waals surface area (Å²) < 4.78 is 1.91. The standard InChI is InChI=1S/C14H12N2OS/c1-9-3-5-11(6-4-9)13-12(7-17)16-10(2)8-18-14(16)15-13/h3-8H,1-2H3. The quantitative estimate of drug-likeness (QED) is 0.658. The number of benzene rings is 1. The summed E-state index contributed by atoms with van der Waals surface area (Å²) >= 11 is 1.56. The van der Waals surface area contributed by atoms with Crippen molar-refractivity contribution in [3.63, 3.8) is 0 Å². The molecule has 0 fully saturated rings. The molecule has 2 heterocycles. The number of carbonyl (C=O) groups is 1. The number of aldehydes is 1. The van der Waals surface area contributed by atoms with E-state index in [9.17, 15) is 4.79 Å². The molecule has 0 aliphatic carbocycles. The van der Waals surface area contributed by atoms with Gasteiger partial charge in [0.2, 0.25) is 0 Å². The third kappa shape index (κ3) is 1.57. The van der Waals surface area contributed by atoms with Gasteiger partial charge in [0.05, 0.1) is 0 Å². The Kier molecular flexibility index (Phi) is 2.52. The van der Waals surface area contributed by atoms with Crippen molar-refractivity contribution in [2.45, 2.75) is 13.8 Å². The van der Waals surface area contributed by atoms with E-state index in [-0.39, 0.29) is 0 Å². The highest BCUT2D eigenvalue weighted by Gasteiger charge is 2.15. The van der Waals surface area contributed by atoms with Crippen molar-refractivity contribution in [3.05, 3.63) is 46.6 Å². The van der Waals surface area contributed by atoms with Gasteiger partial charge < -0.3 is 0 Å². The first kappa shape index (κ1) is 11.2. The lowest BCUT2D eigenvalue weighted by Gasteiger charge is -2.00. The van der Waals surface area contributed by atoms with Gasteiger partial charge in [-0.25, -0.2) is 4.98 Å². The third-order valence-corrected chi connectivity index (χ3v) is 3.95. The summed E-state index contributed by atoms with van der Waals surface area (Å²) in [6.07, 6.45) is 0.884. The van der Waals surface area contributed by atoms with E-state index in [4.69, 9.17) is 0 Å². The Morgan fingerprint density at radius 3 is 2.61 bits per heavy atom. The number of carbonyl (C=O) groups excluding carboxylic acids is 1. The van der Waals surface area contributed by atoms with Crippen molar-refractivity contribution in [1.82, 2.24) is 9.38 Å². The summed E-state index contributed by atoms with van der Waals surface area (Å²) in [5.74, 6) is 0. The Labute approximate surface area is 109 Å². The summed E-state index contributed by atoms with van der Waals surface area (Å²) in [5.41, 5.74) is 4.62. The maximum Gasteiger partial charge on any atom is 0.195 e. The van der Waals surface area contributed by atoms with Gasteiger partial charge in [0.1, 0.15) is 11.4 Å². The third-order valence-electron chi connectivity index (χ3n) is 3.01. The van der Waals surface area contributed by atoms with Crippen molar-refractivity contribution >= 4 is 22.6 Å². The van der Waals surface area contributed by atoms with Crippen molar-refractivity contribution in [2.75, 3.05) is 0 Å². The molecule has 1 aromatic carbocycles. The largest absolute Gasteiger partial charge is 0.296 e. The summed E-state index contributed by atoms with van der Waals surface area (Å²) in [5, 5.41) is 2.01. The minimum absolute atomic E-state index is 0.632. The lowest BCUT2D eigenvalue weighted by Crippen LogP contribution is -1.93. The van der Waals surface area contributed by atoms with Gasteiger partial charge >= 0.3 is 0 Å². The van der Waals surface area contributed by atoms with Crippen molar-refractivity contribution in [2.24, 2.45) is 0 Å². The second kappa shape index (κ2) is 4.07. The lowest BCUT2D eigenvalue weighted by atomic mass is 10.1. The highest BCUT2D eigenvalue weighted by Crippen LogP contribution is 2.27. The number of hydrogen-bond donors (Lipinski definition) is 0. The van der Waals surface area contributed by atoms with Crippen LogP contribution in [0.3, 0.4) is 0 Å². The van der Waals surface area contributed by atoms with Crippen LogP contribution in [-0.4, -0.2) is 15.7 Å². The average molecular weight is 256 g/mol. The maximum absolute atomic E-state index is 11.3. The molecule has 2 aromatic heterocycles.